The van der Waals surface area contributed by atoms with Crippen LogP contribution < -0.4 is 0 Å². The van der Waals surface area contributed by atoms with Crippen LogP contribution in [0.2, 0.25) is 0 Å². The minimum atomic E-state index is -0.463. The van der Waals surface area contributed by atoms with Gasteiger partial charge in [-0.1, -0.05) is 83.2 Å². The van der Waals surface area contributed by atoms with Crippen LogP contribution in [0.4, 0.5) is 4.39 Å². The zero-order valence-corrected chi connectivity index (χ0v) is 26.5. The van der Waals surface area contributed by atoms with Gasteiger partial charge in [0, 0.05) is 17.3 Å². The molecule has 0 atom stereocenters. The van der Waals surface area contributed by atoms with Crippen molar-refractivity contribution in [1.82, 2.24) is 44.5 Å². The predicted octanol–water partition coefficient (Wildman–Crippen LogP) is 7.41. The number of halogens is 1. The van der Waals surface area contributed by atoms with Gasteiger partial charge in [-0.2, -0.15) is 19.6 Å². The Balaban J connectivity index is 1.26. The van der Waals surface area contributed by atoms with E-state index in [1.807, 2.05) is 54.6 Å². The van der Waals surface area contributed by atoms with E-state index in [4.69, 9.17) is 15.0 Å². The molecule has 3 aromatic carbocycles. The highest BCUT2D eigenvalue weighted by Crippen LogP contribution is 2.61. The van der Waals surface area contributed by atoms with E-state index >= 15 is 4.39 Å². The third kappa shape index (κ3) is 3.88. The van der Waals surface area contributed by atoms with Crippen LogP contribution in [0, 0.1) is 11.2 Å². The Morgan fingerprint density at radius 2 is 1.35 bits per heavy atom. The largest absolute Gasteiger partial charge is 0.267 e. The standard InChI is InChI=1S/C36H32FN9/c1-34(2)23-16-15-21(17-24(23)35(3,4)36(34,5)6)30-25(37)18-22(19-38-30)31-40-32(45-20-39-26-11-7-9-13-28(26)45)42-33(41-31)46-29-14-10-8-12-27(29)43-44-46/h7-20H,1-6H3. The fraction of sp³-hybridized carbons (Fsp3) is 0.250. The van der Waals surface area contributed by atoms with Crippen molar-refractivity contribution in [3.8, 4) is 34.5 Å². The van der Waals surface area contributed by atoms with Gasteiger partial charge in [-0.25, -0.2) is 9.37 Å². The van der Waals surface area contributed by atoms with Crippen LogP contribution in [0.5, 0.6) is 0 Å². The molecule has 46 heavy (non-hydrogen) atoms. The fourth-order valence-electron chi connectivity index (χ4n) is 6.80. The van der Waals surface area contributed by atoms with Crippen LogP contribution in [0.15, 0.2) is 85.3 Å². The maximum atomic E-state index is 16.1. The van der Waals surface area contributed by atoms with Gasteiger partial charge in [-0.15, -0.1) is 5.10 Å². The van der Waals surface area contributed by atoms with E-state index in [9.17, 15) is 0 Å². The lowest BCUT2D eigenvalue weighted by atomic mass is 9.59. The second kappa shape index (κ2) is 9.56. The van der Waals surface area contributed by atoms with Crippen molar-refractivity contribution in [2.45, 2.75) is 52.4 Å². The molecule has 228 valence electrons. The molecule has 0 radical (unpaired) electrons. The molecular weight excluding hydrogens is 577 g/mol. The normalized spacial score (nSPS) is 16.2. The second-order valence-electron chi connectivity index (χ2n) is 13.5. The number of hydrogen-bond acceptors (Lipinski definition) is 7. The lowest BCUT2D eigenvalue weighted by Gasteiger charge is -2.44. The SMILES string of the molecule is CC1(C)c2ccc(-c3ncc(-c4nc(-n5cnc6ccccc65)nc(-n5nnc6ccccc65)n4)cc3F)cc2C(C)(C)C1(C)C. The summed E-state index contributed by atoms with van der Waals surface area (Å²) in [6.07, 6.45) is 3.27. The molecule has 4 heterocycles. The monoisotopic (exact) mass is 609 g/mol. The van der Waals surface area contributed by atoms with Crippen molar-refractivity contribution in [1.29, 1.82) is 0 Å². The molecule has 0 aliphatic heterocycles. The maximum Gasteiger partial charge on any atom is 0.257 e. The summed E-state index contributed by atoms with van der Waals surface area (Å²) in [6.45, 7) is 13.8. The number of imidazole rings is 1. The third-order valence-corrected chi connectivity index (χ3v) is 10.7. The lowest BCUT2D eigenvalue weighted by Crippen LogP contribution is -2.42. The van der Waals surface area contributed by atoms with Crippen LogP contribution in [0.1, 0.15) is 52.7 Å². The zero-order chi connectivity index (χ0) is 32.0. The Morgan fingerprint density at radius 3 is 2.13 bits per heavy atom. The van der Waals surface area contributed by atoms with Crippen LogP contribution in [-0.4, -0.2) is 44.5 Å². The number of hydrogen-bond donors (Lipinski definition) is 0. The summed E-state index contributed by atoms with van der Waals surface area (Å²) in [5.41, 5.74) is 6.83. The van der Waals surface area contributed by atoms with Crippen LogP contribution in [0.25, 0.3) is 56.6 Å². The molecule has 7 aromatic rings. The molecule has 0 unspecified atom stereocenters. The highest BCUT2D eigenvalue weighted by atomic mass is 19.1. The van der Waals surface area contributed by atoms with Crippen molar-refractivity contribution in [2.24, 2.45) is 5.41 Å². The van der Waals surface area contributed by atoms with Crippen LogP contribution >= 0.6 is 0 Å². The lowest BCUT2D eigenvalue weighted by molar-refractivity contribution is 0.125. The van der Waals surface area contributed by atoms with Crippen molar-refractivity contribution >= 4 is 22.1 Å². The third-order valence-electron chi connectivity index (χ3n) is 10.7. The van der Waals surface area contributed by atoms with Crippen molar-refractivity contribution in [3.05, 3.63) is 102 Å². The highest BCUT2D eigenvalue weighted by molar-refractivity contribution is 5.77. The molecule has 0 bridgehead atoms. The van der Waals surface area contributed by atoms with Gasteiger partial charge in [0.15, 0.2) is 5.82 Å². The van der Waals surface area contributed by atoms with Gasteiger partial charge in [0.2, 0.25) is 5.95 Å². The fourth-order valence-corrected chi connectivity index (χ4v) is 6.80. The predicted molar refractivity (Wildman–Crippen MR) is 175 cm³/mol. The first-order chi connectivity index (χ1) is 22.0. The summed E-state index contributed by atoms with van der Waals surface area (Å²) in [4.78, 5) is 23.4. The summed E-state index contributed by atoms with van der Waals surface area (Å²) in [5.74, 6) is 0.328. The number of fused-ring (bicyclic) bond motifs is 3. The molecule has 0 saturated carbocycles. The molecule has 9 nitrogen and oxygen atoms in total. The van der Waals surface area contributed by atoms with Gasteiger partial charge >= 0.3 is 0 Å². The number of pyridine rings is 1. The van der Waals surface area contributed by atoms with E-state index in [-0.39, 0.29) is 33.7 Å². The van der Waals surface area contributed by atoms with Crippen molar-refractivity contribution < 1.29 is 4.39 Å². The van der Waals surface area contributed by atoms with Gasteiger partial charge in [-0.3, -0.25) is 9.55 Å². The molecule has 0 saturated heterocycles. The number of rotatable bonds is 4. The van der Waals surface area contributed by atoms with Crippen LogP contribution in [0.3, 0.4) is 0 Å². The molecule has 0 spiro atoms. The number of para-hydroxylation sites is 3. The summed E-state index contributed by atoms with van der Waals surface area (Å²) in [6, 6.07) is 22.9. The quantitative estimate of drug-likeness (QED) is 0.205. The molecule has 4 aromatic heterocycles. The topological polar surface area (TPSA) is 100 Å². The molecular formula is C36H32FN9. The molecule has 0 fully saturated rings. The Labute approximate surface area is 265 Å². The van der Waals surface area contributed by atoms with Gasteiger partial charge < -0.3 is 0 Å². The van der Waals surface area contributed by atoms with Gasteiger partial charge in [0.05, 0.1) is 16.6 Å². The summed E-state index contributed by atoms with van der Waals surface area (Å²) in [5, 5.41) is 8.59. The van der Waals surface area contributed by atoms with Crippen molar-refractivity contribution in [2.75, 3.05) is 0 Å². The van der Waals surface area contributed by atoms with Gasteiger partial charge in [0.25, 0.3) is 5.95 Å². The van der Waals surface area contributed by atoms with E-state index in [0.29, 0.717) is 17.0 Å². The van der Waals surface area contributed by atoms with E-state index in [1.165, 1.54) is 17.2 Å². The highest BCUT2D eigenvalue weighted by Gasteiger charge is 2.56. The van der Waals surface area contributed by atoms with E-state index in [2.05, 4.69) is 74.0 Å². The summed E-state index contributed by atoms with van der Waals surface area (Å²) in [7, 11) is 0. The number of benzene rings is 3. The smallest absolute Gasteiger partial charge is 0.257 e. The van der Waals surface area contributed by atoms with E-state index in [1.54, 1.807) is 21.8 Å². The minimum absolute atomic E-state index is 0.000863. The van der Waals surface area contributed by atoms with Gasteiger partial charge in [0.1, 0.15) is 23.4 Å². The molecule has 0 N–H and O–H groups in total. The Kier molecular flexibility index (Phi) is 5.84. The van der Waals surface area contributed by atoms with E-state index < -0.39 is 5.82 Å². The molecule has 1 aliphatic carbocycles. The first-order valence-electron chi connectivity index (χ1n) is 15.3. The first kappa shape index (κ1) is 28.1. The maximum absolute atomic E-state index is 16.1. The van der Waals surface area contributed by atoms with Gasteiger partial charge in [-0.05, 0) is 63.8 Å². The van der Waals surface area contributed by atoms with Crippen molar-refractivity contribution in [3.63, 3.8) is 0 Å². The molecule has 10 heteroatoms. The Bertz CT molecular complexity index is 2240. The zero-order valence-electron chi connectivity index (χ0n) is 26.5. The summed E-state index contributed by atoms with van der Waals surface area (Å²) < 4.78 is 19.4. The Hall–Kier alpha value is -5.38. The summed E-state index contributed by atoms with van der Waals surface area (Å²) >= 11 is 0. The average molecular weight is 610 g/mol. The second-order valence-corrected chi connectivity index (χ2v) is 13.5. The van der Waals surface area contributed by atoms with E-state index in [0.717, 1.165) is 22.1 Å². The molecule has 8 rings (SSSR count). The average Bonchev–Trinajstić information content (AvgIpc) is 3.71. The number of nitrogens with zero attached hydrogens (tertiary/aromatic N) is 9. The molecule has 0 amide bonds. The number of aromatic nitrogens is 9. The molecule has 1 aliphatic rings. The Morgan fingerprint density at radius 1 is 0.652 bits per heavy atom. The minimum Gasteiger partial charge on any atom is -0.267 e. The van der Waals surface area contributed by atoms with Crippen LogP contribution in [-0.2, 0) is 10.8 Å². The first-order valence-corrected chi connectivity index (χ1v) is 15.3.